The first kappa shape index (κ1) is 16.5. The van der Waals surface area contributed by atoms with Crippen molar-refractivity contribution in [2.75, 3.05) is 52.5 Å². The smallest absolute Gasteiger partial charge is 0.314 e. The molecule has 0 atom stereocenters. The van der Waals surface area contributed by atoms with Crippen LogP contribution in [0.15, 0.2) is 24.3 Å². The highest BCUT2D eigenvalue weighted by Gasteiger charge is 2.09. The van der Waals surface area contributed by atoms with Crippen LogP contribution >= 0.6 is 0 Å². The molecule has 22 heavy (non-hydrogen) atoms. The van der Waals surface area contributed by atoms with Gasteiger partial charge in [0.15, 0.2) is 0 Å². The third-order valence-electron chi connectivity index (χ3n) is 3.29. The number of hydrogen-bond acceptors (Lipinski definition) is 4. The van der Waals surface area contributed by atoms with Gasteiger partial charge < -0.3 is 20.1 Å². The second-order valence-corrected chi connectivity index (χ2v) is 4.94. The van der Waals surface area contributed by atoms with Gasteiger partial charge in [0.05, 0.1) is 19.8 Å². The second-order valence-electron chi connectivity index (χ2n) is 4.94. The minimum absolute atomic E-state index is 0.212. The molecule has 1 fully saturated rings. The van der Waals surface area contributed by atoms with E-state index in [-0.39, 0.29) is 11.8 Å². The number of halogens is 1. The fourth-order valence-electron chi connectivity index (χ4n) is 2.08. The Morgan fingerprint density at radius 1 is 1.18 bits per heavy atom. The monoisotopic (exact) mass is 311 g/mol. The summed E-state index contributed by atoms with van der Waals surface area (Å²) in [6.07, 6.45) is 0. The van der Waals surface area contributed by atoms with Gasteiger partial charge in [-0.3, -0.25) is 4.90 Å². The molecule has 0 radical (unpaired) electrons. The SMILES string of the molecule is O=C(NCCOc1ccc(F)cc1)NCCN1CCOCC1. The average molecular weight is 311 g/mol. The molecule has 1 aromatic carbocycles. The molecule has 0 spiro atoms. The Balaban J connectivity index is 1.49. The molecule has 7 heteroatoms. The summed E-state index contributed by atoms with van der Waals surface area (Å²) in [6, 6.07) is 5.56. The summed E-state index contributed by atoms with van der Waals surface area (Å²) in [7, 11) is 0. The molecule has 0 saturated carbocycles. The first-order valence-corrected chi connectivity index (χ1v) is 7.44. The molecule has 6 nitrogen and oxygen atoms in total. The molecular formula is C15H22FN3O3. The molecule has 122 valence electrons. The van der Waals surface area contributed by atoms with E-state index in [1.165, 1.54) is 12.1 Å². The third-order valence-corrected chi connectivity index (χ3v) is 3.29. The maximum atomic E-state index is 12.7. The lowest BCUT2D eigenvalue weighted by atomic mass is 10.3. The van der Waals surface area contributed by atoms with Crippen molar-refractivity contribution >= 4 is 6.03 Å². The maximum absolute atomic E-state index is 12.7. The number of nitrogens with one attached hydrogen (secondary N) is 2. The summed E-state index contributed by atoms with van der Waals surface area (Å²) in [5.74, 6) is 0.279. The quantitative estimate of drug-likeness (QED) is 0.733. The number of carbonyl (C=O) groups excluding carboxylic acids is 1. The van der Waals surface area contributed by atoms with Gasteiger partial charge in [0.2, 0.25) is 0 Å². The Morgan fingerprint density at radius 3 is 2.59 bits per heavy atom. The number of amides is 2. The van der Waals surface area contributed by atoms with Crippen molar-refractivity contribution in [3.8, 4) is 5.75 Å². The van der Waals surface area contributed by atoms with Crippen LogP contribution in [0.25, 0.3) is 0 Å². The molecule has 1 aliphatic rings. The molecular weight excluding hydrogens is 289 g/mol. The van der Waals surface area contributed by atoms with Gasteiger partial charge in [0.25, 0.3) is 0 Å². The van der Waals surface area contributed by atoms with Crippen LogP contribution in [0.3, 0.4) is 0 Å². The van der Waals surface area contributed by atoms with Gasteiger partial charge in [-0.25, -0.2) is 9.18 Å². The number of morpholine rings is 1. The first-order chi connectivity index (χ1) is 10.7. The van der Waals surface area contributed by atoms with E-state index < -0.39 is 0 Å². The van der Waals surface area contributed by atoms with Crippen LogP contribution < -0.4 is 15.4 Å². The summed E-state index contributed by atoms with van der Waals surface area (Å²) in [5.41, 5.74) is 0. The van der Waals surface area contributed by atoms with E-state index in [1.807, 2.05) is 0 Å². The number of urea groups is 1. The van der Waals surface area contributed by atoms with Crippen molar-refractivity contribution in [2.45, 2.75) is 0 Å². The Kier molecular flexibility index (Phi) is 6.92. The predicted octanol–water partition coefficient (Wildman–Crippen LogP) is 0.836. The van der Waals surface area contributed by atoms with Crippen molar-refractivity contribution < 1.29 is 18.7 Å². The van der Waals surface area contributed by atoms with E-state index in [2.05, 4.69) is 15.5 Å². The van der Waals surface area contributed by atoms with Crippen molar-refractivity contribution in [1.29, 1.82) is 0 Å². The highest BCUT2D eigenvalue weighted by molar-refractivity contribution is 5.73. The van der Waals surface area contributed by atoms with Crippen LogP contribution in [0.4, 0.5) is 9.18 Å². The lowest BCUT2D eigenvalue weighted by molar-refractivity contribution is 0.0387. The Morgan fingerprint density at radius 2 is 1.86 bits per heavy atom. The summed E-state index contributed by atoms with van der Waals surface area (Å²) in [6.45, 7) is 5.49. The molecule has 2 rings (SSSR count). The molecule has 2 N–H and O–H groups in total. The van der Waals surface area contributed by atoms with Gasteiger partial charge in [-0.15, -0.1) is 0 Å². The lowest BCUT2D eigenvalue weighted by Gasteiger charge is -2.26. The van der Waals surface area contributed by atoms with Crippen LogP contribution in [-0.4, -0.2) is 63.5 Å². The zero-order valence-electron chi connectivity index (χ0n) is 12.5. The molecule has 1 heterocycles. The number of hydrogen-bond donors (Lipinski definition) is 2. The van der Waals surface area contributed by atoms with E-state index in [0.717, 1.165) is 32.8 Å². The van der Waals surface area contributed by atoms with Gasteiger partial charge in [0.1, 0.15) is 18.2 Å². The minimum Gasteiger partial charge on any atom is -0.492 e. The van der Waals surface area contributed by atoms with E-state index in [4.69, 9.17) is 9.47 Å². The third kappa shape index (κ3) is 6.28. The molecule has 0 bridgehead atoms. The molecule has 0 aliphatic carbocycles. The summed E-state index contributed by atoms with van der Waals surface area (Å²) in [4.78, 5) is 13.8. The normalized spacial score (nSPS) is 15.3. The summed E-state index contributed by atoms with van der Waals surface area (Å²) >= 11 is 0. The van der Waals surface area contributed by atoms with Crippen molar-refractivity contribution in [3.63, 3.8) is 0 Å². The molecule has 0 unspecified atom stereocenters. The predicted molar refractivity (Wildman–Crippen MR) is 80.6 cm³/mol. The van der Waals surface area contributed by atoms with Crippen molar-refractivity contribution in [1.82, 2.24) is 15.5 Å². The highest BCUT2D eigenvalue weighted by atomic mass is 19.1. The van der Waals surface area contributed by atoms with Gasteiger partial charge in [-0.2, -0.15) is 0 Å². The van der Waals surface area contributed by atoms with Crippen LogP contribution in [-0.2, 0) is 4.74 Å². The van der Waals surface area contributed by atoms with Gasteiger partial charge >= 0.3 is 6.03 Å². The van der Waals surface area contributed by atoms with Gasteiger partial charge in [-0.1, -0.05) is 0 Å². The largest absolute Gasteiger partial charge is 0.492 e. The minimum atomic E-state index is -0.301. The topological polar surface area (TPSA) is 62.8 Å². The Hall–Kier alpha value is -1.86. The molecule has 0 aromatic heterocycles. The Bertz CT molecular complexity index is 450. The van der Waals surface area contributed by atoms with Gasteiger partial charge in [0, 0.05) is 26.2 Å². The van der Waals surface area contributed by atoms with Crippen molar-refractivity contribution in [3.05, 3.63) is 30.1 Å². The van der Waals surface area contributed by atoms with E-state index in [9.17, 15) is 9.18 Å². The van der Waals surface area contributed by atoms with E-state index >= 15 is 0 Å². The number of nitrogens with zero attached hydrogens (tertiary/aromatic N) is 1. The van der Waals surface area contributed by atoms with Crippen molar-refractivity contribution in [2.24, 2.45) is 0 Å². The van der Waals surface area contributed by atoms with E-state index in [0.29, 0.717) is 25.4 Å². The zero-order chi connectivity index (χ0) is 15.6. The number of carbonyl (C=O) groups is 1. The fourth-order valence-corrected chi connectivity index (χ4v) is 2.08. The Labute approximate surface area is 129 Å². The second kappa shape index (κ2) is 9.22. The first-order valence-electron chi connectivity index (χ1n) is 7.44. The van der Waals surface area contributed by atoms with Crippen LogP contribution in [0, 0.1) is 5.82 Å². The number of benzene rings is 1. The van der Waals surface area contributed by atoms with Crippen LogP contribution in [0.1, 0.15) is 0 Å². The summed E-state index contributed by atoms with van der Waals surface area (Å²) in [5, 5.41) is 5.51. The zero-order valence-corrected chi connectivity index (χ0v) is 12.5. The molecule has 1 aliphatic heterocycles. The van der Waals surface area contributed by atoms with Crippen LogP contribution in [0.5, 0.6) is 5.75 Å². The fraction of sp³-hybridized carbons (Fsp3) is 0.533. The highest BCUT2D eigenvalue weighted by Crippen LogP contribution is 2.10. The van der Waals surface area contributed by atoms with Crippen LogP contribution in [0.2, 0.25) is 0 Å². The molecule has 1 saturated heterocycles. The standard InChI is InChI=1S/C15H22FN3O3/c16-13-1-3-14(4-2-13)22-10-6-18-15(20)17-5-7-19-8-11-21-12-9-19/h1-4H,5-12H2,(H2,17,18,20). The lowest BCUT2D eigenvalue weighted by Crippen LogP contribution is -2.44. The maximum Gasteiger partial charge on any atom is 0.314 e. The average Bonchev–Trinajstić information content (AvgIpc) is 2.54. The number of rotatable bonds is 7. The van der Waals surface area contributed by atoms with E-state index in [1.54, 1.807) is 12.1 Å². The number of ether oxygens (including phenoxy) is 2. The van der Waals surface area contributed by atoms with Gasteiger partial charge in [-0.05, 0) is 24.3 Å². The molecule has 1 aromatic rings. The molecule has 2 amide bonds. The summed E-state index contributed by atoms with van der Waals surface area (Å²) < 4.78 is 23.3.